The topological polar surface area (TPSA) is 9.72 Å². The van der Waals surface area contributed by atoms with Crippen molar-refractivity contribution in [1.29, 1.82) is 0 Å². The molecule has 26 heavy (non-hydrogen) atoms. The van der Waals surface area contributed by atoms with Gasteiger partial charge in [0.1, 0.15) is 0 Å². The van der Waals surface area contributed by atoms with Gasteiger partial charge in [0, 0.05) is 44.5 Å². The highest BCUT2D eigenvalue weighted by molar-refractivity contribution is 5.46. The lowest BCUT2D eigenvalue weighted by atomic mass is 9.92. The second-order valence-electron chi connectivity index (χ2n) is 8.93. The van der Waals surface area contributed by atoms with Crippen LogP contribution in [0.15, 0.2) is 42.5 Å². The van der Waals surface area contributed by atoms with E-state index in [1.165, 1.54) is 77.2 Å². The molecule has 2 aliphatic carbocycles. The van der Waals surface area contributed by atoms with Gasteiger partial charge in [0.2, 0.25) is 0 Å². The second kappa shape index (κ2) is 7.36. The first-order chi connectivity index (χ1) is 12.8. The number of nitrogens with zero attached hydrogens (tertiary/aromatic N) is 3. The van der Waals surface area contributed by atoms with Gasteiger partial charge in [-0.3, -0.25) is 4.90 Å². The Kier molecular flexibility index (Phi) is 4.76. The number of hydrogen-bond acceptors (Lipinski definition) is 3. The molecule has 1 saturated carbocycles. The molecule has 1 aromatic rings. The Morgan fingerprint density at radius 1 is 0.808 bits per heavy atom. The zero-order valence-electron chi connectivity index (χ0n) is 16.0. The summed E-state index contributed by atoms with van der Waals surface area (Å²) in [7, 11) is 0. The molecule has 0 spiro atoms. The standard InChI is InChI=1S/C23H33N3/c1-2-4-22(5-3-1)25-12-14-26(15-13-25)23-8-10-24(11-9-23)18-21-17-19-6-7-20(21)16-19/h1-7,19-21,23H,8-18H2/t19-,20-,21-/m1/s1. The minimum absolute atomic E-state index is 0.823. The molecular formula is C23H33N3. The van der Waals surface area contributed by atoms with E-state index in [1.54, 1.807) is 0 Å². The highest BCUT2D eigenvalue weighted by atomic mass is 15.3. The fraction of sp³-hybridized carbons (Fsp3) is 0.652. The van der Waals surface area contributed by atoms with Gasteiger partial charge >= 0.3 is 0 Å². The lowest BCUT2D eigenvalue weighted by molar-refractivity contribution is 0.0919. The summed E-state index contributed by atoms with van der Waals surface area (Å²) in [6, 6.07) is 11.7. The summed E-state index contributed by atoms with van der Waals surface area (Å²) >= 11 is 0. The van der Waals surface area contributed by atoms with Crippen molar-refractivity contribution in [3.8, 4) is 0 Å². The Balaban J connectivity index is 1.07. The predicted octanol–water partition coefficient (Wildman–Crippen LogP) is 3.49. The summed E-state index contributed by atoms with van der Waals surface area (Å²) in [5.41, 5.74) is 1.39. The fourth-order valence-corrected chi connectivity index (χ4v) is 5.89. The molecule has 3 heteroatoms. The molecule has 0 N–H and O–H groups in total. The van der Waals surface area contributed by atoms with E-state index in [-0.39, 0.29) is 0 Å². The second-order valence-corrected chi connectivity index (χ2v) is 8.93. The molecule has 3 fully saturated rings. The van der Waals surface area contributed by atoms with Crippen molar-refractivity contribution in [1.82, 2.24) is 9.80 Å². The van der Waals surface area contributed by atoms with Crippen LogP contribution in [-0.4, -0.2) is 61.7 Å². The number of rotatable bonds is 4. The third-order valence-corrected chi connectivity index (χ3v) is 7.42. The van der Waals surface area contributed by atoms with Crippen LogP contribution in [-0.2, 0) is 0 Å². The van der Waals surface area contributed by atoms with E-state index in [1.807, 2.05) is 0 Å². The summed E-state index contributed by atoms with van der Waals surface area (Å²) in [4.78, 5) is 8.10. The van der Waals surface area contributed by atoms with Crippen LogP contribution in [0.1, 0.15) is 25.7 Å². The Bertz CT molecular complexity index is 612. The first kappa shape index (κ1) is 16.8. The number of benzene rings is 1. The van der Waals surface area contributed by atoms with Gasteiger partial charge in [0.25, 0.3) is 0 Å². The largest absolute Gasteiger partial charge is 0.369 e. The molecule has 4 aliphatic rings. The Hall–Kier alpha value is -1.32. The van der Waals surface area contributed by atoms with Gasteiger partial charge in [-0.05, 0) is 68.7 Å². The molecule has 2 aliphatic heterocycles. The SMILES string of the molecule is C1=C[C@@H]2C[C@@H]1C[C@@H]2CN1CCC(N2CCN(c3ccccc3)CC2)CC1. The monoisotopic (exact) mass is 351 g/mol. The summed E-state index contributed by atoms with van der Waals surface area (Å²) in [6.07, 6.45) is 10.7. The number of allylic oxidation sites excluding steroid dienone is 2. The molecule has 0 radical (unpaired) electrons. The van der Waals surface area contributed by atoms with Crippen LogP contribution < -0.4 is 4.90 Å². The van der Waals surface area contributed by atoms with E-state index in [2.05, 4.69) is 57.2 Å². The highest BCUT2D eigenvalue weighted by Gasteiger charge is 2.37. The zero-order valence-corrected chi connectivity index (χ0v) is 16.0. The van der Waals surface area contributed by atoms with E-state index in [4.69, 9.17) is 0 Å². The third kappa shape index (κ3) is 3.44. The number of para-hydroxylation sites is 1. The van der Waals surface area contributed by atoms with Crippen LogP contribution in [0.2, 0.25) is 0 Å². The van der Waals surface area contributed by atoms with E-state index in [0.29, 0.717) is 0 Å². The molecule has 0 aromatic heterocycles. The smallest absolute Gasteiger partial charge is 0.0367 e. The zero-order chi connectivity index (χ0) is 17.3. The molecule has 2 bridgehead atoms. The molecular weight excluding hydrogens is 318 g/mol. The molecule has 5 rings (SSSR count). The van der Waals surface area contributed by atoms with E-state index < -0.39 is 0 Å². The summed E-state index contributed by atoms with van der Waals surface area (Å²) in [5, 5.41) is 0. The van der Waals surface area contributed by atoms with Crippen molar-refractivity contribution in [3.63, 3.8) is 0 Å². The molecule has 1 aromatic carbocycles. The van der Waals surface area contributed by atoms with E-state index in [9.17, 15) is 0 Å². The van der Waals surface area contributed by atoms with Gasteiger partial charge < -0.3 is 9.80 Å². The lowest BCUT2D eigenvalue weighted by Gasteiger charge is -2.44. The molecule has 2 heterocycles. The van der Waals surface area contributed by atoms with Gasteiger partial charge in [-0.25, -0.2) is 0 Å². The summed E-state index contributed by atoms with van der Waals surface area (Å²) in [5.74, 6) is 2.78. The number of anilines is 1. The maximum atomic E-state index is 2.77. The third-order valence-electron chi connectivity index (χ3n) is 7.42. The molecule has 3 atom stereocenters. The number of likely N-dealkylation sites (tertiary alicyclic amines) is 1. The normalized spacial score (nSPS) is 33.2. The van der Waals surface area contributed by atoms with Gasteiger partial charge in [0.05, 0.1) is 0 Å². The number of fused-ring (bicyclic) bond motifs is 2. The van der Waals surface area contributed by atoms with Crippen molar-refractivity contribution in [2.75, 3.05) is 50.7 Å². The van der Waals surface area contributed by atoms with E-state index in [0.717, 1.165) is 23.8 Å². The van der Waals surface area contributed by atoms with Crippen LogP contribution in [0, 0.1) is 17.8 Å². The van der Waals surface area contributed by atoms with Crippen molar-refractivity contribution in [2.45, 2.75) is 31.7 Å². The fourth-order valence-electron chi connectivity index (χ4n) is 5.89. The average molecular weight is 352 g/mol. The average Bonchev–Trinajstić information content (AvgIpc) is 3.33. The summed E-state index contributed by atoms with van der Waals surface area (Å²) < 4.78 is 0. The number of piperidine rings is 1. The molecule has 0 unspecified atom stereocenters. The minimum atomic E-state index is 0.823. The number of hydrogen-bond donors (Lipinski definition) is 0. The van der Waals surface area contributed by atoms with Crippen molar-refractivity contribution in [3.05, 3.63) is 42.5 Å². The maximum absolute atomic E-state index is 2.77. The van der Waals surface area contributed by atoms with Crippen molar-refractivity contribution >= 4 is 5.69 Å². The highest BCUT2D eigenvalue weighted by Crippen LogP contribution is 2.43. The molecule has 0 amide bonds. The minimum Gasteiger partial charge on any atom is -0.369 e. The van der Waals surface area contributed by atoms with Crippen molar-refractivity contribution < 1.29 is 0 Å². The van der Waals surface area contributed by atoms with Crippen molar-refractivity contribution in [2.24, 2.45) is 17.8 Å². The quantitative estimate of drug-likeness (QED) is 0.769. The number of piperazine rings is 1. The predicted molar refractivity (Wildman–Crippen MR) is 109 cm³/mol. The van der Waals surface area contributed by atoms with Crippen LogP contribution in [0.5, 0.6) is 0 Å². The van der Waals surface area contributed by atoms with Crippen LogP contribution in [0.4, 0.5) is 5.69 Å². The Morgan fingerprint density at radius 2 is 1.58 bits per heavy atom. The summed E-state index contributed by atoms with van der Waals surface area (Å²) in [6.45, 7) is 8.83. The molecule has 2 saturated heterocycles. The molecule has 3 nitrogen and oxygen atoms in total. The van der Waals surface area contributed by atoms with Crippen LogP contribution in [0.3, 0.4) is 0 Å². The lowest BCUT2D eigenvalue weighted by Crippen LogP contribution is -2.53. The molecule has 140 valence electrons. The van der Waals surface area contributed by atoms with Gasteiger partial charge in [0.15, 0.2) is 0 Å². The first-order valence-electron chi connectivity index (χ1n) is 10.8. The van der Waals surface area contributed by atoms with Gasteiger partial charge in [-0.1, -0.05) is 30.4 Å². The Labute approximate surface area is 158 Å². The van der Waals surface area contributed by atoms with Gasteiger partial charge in [-0.15, -0.1) is 0 Å². The maximum Gasteiger partial charge on any atom is 0.0367 e. The first-order valence-corrected chi connectivity index (χ1v) is 10.8. The van der Waals surface area contributed by atoms with Crippen LogP contribution in [0.25, 0.3) is 0 Å². The Morgan fingerprint density at radius 3 is 2.23 bits per heavy atom. The van der Waals surface area contributed by atoms with E-state index >= 15 is 0 Å². The van der Waals surface area contributed by atoms with Gasteiger partial charge in [-0.2, -0.15) is 0 Å². The van der Waals surface area contributed by atoms with Crippen LogP contribution >= 0.6 is 0 Å².